The second-order valence-corrected chi connectivity index (χ2v) is 8.64. The third-order valence-electron chi connectivity index (χ3n) is 6.28. The van der Waals surface area contributed by atoms with Gasteiger partial charge in [-0.3, -0.25) is 4.90 Å². The van der Waals surface area contributed by atoms with Gasteiger partial charge in [0, 0.05) is 26.1 Å². The quantitative estimate of drug-likeness (QED) is 0.753. The van der Waals surface area contributed by atoms with Gasteiger partial charge in [0.1, 0.15) is 24.1 Å². The van der Waals surface area contributed by atoms with E-state index in [4.69, 9.17) is 16.3 Å². The van der Waals surface area contributed by atoms with Gasteiger partial charge in [0.2, 0.25) is 0 Å². The number of aliphatic hydroxyl groups excluding tert-OH is 1. The molecule has 29 heavy (non-hydrogen) atoms. The highest BCUT2D eigenvalue weighted by atomic mass is 35.5. The number of anilines is 1. The second-order valence-electron chi connectivity index (χ2n) is 8.28. The van der Waals surface area contributed by atoms with Crippen molar-refractivity contribution in [2.75, 3.05) is 37.7 Å². The summed E-state index contributed by atoms with van der Waals surface area (Å²) in [6.45, 7) is 4.02. The zero-order valence-electron chi connectivity index (χ0n) is 16.0. The van der Waals surface area contributed by atoms with Crippen LogP contribution in [0.3, 0.4) is 0 Å². The van der Waals surface area contributed by atoms with Crippen LogP contribution in [0.2, 0.25) is 5.15 Å². The Kier molecular flexibility index (Phi) is 4.52. The molecule has 10 heteroatoms. The predicted octanol–water partition coefficient (Wildman–Crippen LogP) is 2.26. The molecule has 0 bridgehead atoms. The van der Waals surface area contributed by atoms with Gasteiger partial charge in [-0.15, -0.1) is 0 Å². The van der Waals surface area contributed by atoms with Gasteiger partial charge in [0.25, 0.3) is 0 Å². The molecule has 5 heterocycles. The van der Waals surface area contributed by atoms with Gasteiger partial charge in [-0.05, 0) is 26.3 Å². The minimum atomic E-state index is -0.862. The van der Waals surface area contributed by atoms with Gasteiger partial charge < -0.3 is 14.7 Å². The van der Waals surface area contributed by atoms with Crippen molar-refractivity contribution in [1.82, 2.24) is 19.9 Å². The normalized spacial score (nSPS) is 27.5. The second kappa shape index (κ2) is 6.85. The maximum absolute atomic E-state index is 14.7. The monoisotopic (exact) mass is 425 g/mol. The van der Waals surface area contributed by atoms with Crippen molar-refractivity contribution in [1.29, 1.82) is 0 Å². The lowest BCUT2D eigenvalue weighted by Crippen LogP contribution is -2.51. The molecule has 3 aliphatic heterocycles. The van der Waals surface area contributed by atoms with Crippen molar-refractivity contribution >= 4 is 28.3 Å². The lowest BCUT2D eigenvalue weighted by molar-refractivity contribution is 0.107. The van der Waals surface area contributed by atoms with E-state index in [9.17, 15) is 13.9 Å². The molecule has 2 aromatic rings. The molecule has 0 saturated carbocycles. The Bertz CT molecular complexity index is 974. The summed E-state index contributed by atoms with van der Waals surface area (Å²) in [5.41, 5.74) is 0.195. The van der Waals surface area contributed by atoms with Crippen LogP contribution in [0.15, 0.2) is 0 Å². The fourth-order valence-corrected chi connectivity index (χ4v) is 5.06. The van der Waals surface area contributed by atoms with E-state index >= 15 is 0 Å². The Morgan fingerprint density at radius 3 is 2.83 bits per heavy atom. The fourth-order valence-electron chi connectivity index (χ4n) is 4.84. The number of nitrogens with zero attached hydrogens (tertiary/aromatic N) is 5. The van der Waals surface area contributed by atoms with Crippen LogP contribution in [0.1, 0.15) is 25.0 Å². The average molecular weight is 426 g/mol. The summed E-state index contributed by atoms with van der Waals surface area (Å²) in [6, 6.07) is 0.0259. The van der Waals surface area contributed by atoms with Crippen molar-refractivity contribution in [3.63, 3.8) is 0 Å². The molecule has 7 nitrogen and oxygen atoms in total. The summed E-state index contributed by atoms with van der Waals surface area (Å²) in [6.07, 6.45) is 0.964. The Balaban J connectivity index is 1.52. The molecule has 0 spiro atoms. The van der Waals surface area contributed by atoms with E-state index in [0.717, 1.165) is 19.4 Å². The third kappa shape index (κ3) is 3.10. The summed E-state index contributed by atoms with van der Waals surface area (Å²) in [5.74, 6) is -0.265. The summed E-state index contributed by atoms with van der Waals surface area (Å²) in [4.78, 5) is 16.8. The number of aryl methyl sites for hydroxylation is 1. The van der Waals surface area contributed by atoms with Crippen LogP contribution in [0, 0.1) is 12.7 Å². The van der Waals surface area contributed by atoms with Crippen molar-refractivity contribution in [3.8, 4) is 6.01 Å². The largest absolute Gasteiger partial charge is 0.461 e. The molecule has 0 unspecified atom stereocenters. The molecule has 156 valence electrons. The summed E-state index contributed by atoms with van der Waals surface area (Å²) < 4.78 is 34.7. The number of alkyl halides is 1. The average Bonchev–Trinajstić information content (AvgIpc) is 3.17. The number of hydrogen-bond acceptors (Lipinski definition) is 7. The number of aromatic nitrogens is 3. The van der Waals surface area contributed by atoms with E-state index in [-0.39, 0.29) is 28.8 Å². The molecule has 0 aromatic carbocycles. The first-order chi connectivity index (χ1) is 13.9. The van der Waals surface area contributed by atoms with Crippen molar-refractivity contribution in [3.05, 3.63) is 16.7 Å². The van der Waals surface area contributed by atoms with Crippen molar-refractivity contribution in [2.45, 2.75) is 44.0 Å². The van der Waals surface area contributed by atoms with Crippen LogP contribution in [0.5, 0.6) is 6.01 Å². The van der Waals surface area contributed by atoms with Crippen LogP contribution < -0.4 is 9.64 Å². The highest BCUT2D eigenvalue weighted by molar-refractivity contribution is 6.30. The molecule has 0 aliphatic carbocycles. The van der Waals surface area contributed by atoms with Gasteiger partial charge in [0.15, 0.2) is 11.0 Å². The topological polar surface area (TPSA) is 74.6 Å². The molecular formula is C19H22ClF2N5O2. The highest BCUT2D eigenvalue weighted by Crippen LogP contribution is 2.41. The molecular weight excluding hydrogens is 404 g/mol. The Morgan fingerprint density at radius 2 is 2.07 bits per heavy atom. The number of ether oxygens (including phenoxy) is 1. The number of aliphatic hydroxyl groups is 1. The third-order valence-corrected chi connectivity index (χ3v) is 6.53. The molecule has 3 aliphatic rings. The van der Waals surface area contributed by atoms with Gasteiger partial charge >= 0.3 is 6.01 Å². The first kappa shape index (κ1) is 19.1. The molecule has 0 radical (unpaired) electrons. The van der Waals surface area contributed by atoms with Gasteiger partial charge in [0.05, 0.1) is 22.7 Å². The van der Waals surface area contributed by atoms with E-state index in [1.54, 1.807) is 6.92 Å². The SMILES string of the molecule is Cc1nc(Cl)c(F)c2nc(OC[C@@]34CCCN3C[C@H](F)C4)nc(N3CC(O)C3)c12. The van der Waals surface area contributed by atoms with E-state index in [1.807, 2.05) is 4.90 Å². The van der Waals surface area contributed by atoms with Crippen LogP contribution in [0.25, 0.3) is 10.9 Å². The smallest absolute Gasteiger partial charge is 0.319 e. The van der Waals surface area contributed by atoms with Gasteiger partial charge in [-0.2, -0.15) is 9.97 Å². The molecule has 0 amide bonds. The highest BCUT2D eigenvalue weighted by Gasteiger charge is 2.49. The van der Waals surface area contributed by atoms with Gasteiger partial charge in [-0.1, -0.05) is 11.6 Å². The number of β-amino-alcohol motifs (C(OH)–C–C–N with tert-alkyl or cyclic N) is 1. The maximum Gasteiger partial charge on any atom is 0.319 e. The first-order valence-electron chi connectivity index (χ1n) is 9.84. The van der Waals surface area contributed by atoms with Crippen LogP contribution in [-0.4, -0.2) is 75.6 Å². The summed E-state index contributed by atoms with van der Waals surface area (Å²) >= 11 is 5.93. The Labute approximate surface area is 171 Å². The van der Waals surface area contributed by atoms with Gasteiger partial charge in [-0.25, -0.2) is 13.8 Å². The van der Waals surface area contributed by atoms with Crippen LogP contribution in [-0.2, 0) is 0 Å². The zero-order chi connectivity index (χ0) is 20.3. The lowest BCUT2D eigenvalue weighted by Gasteiger charge is -2.37. The zero-order valence-corrected chi connectivity index (χ0v) is 16.8. The number of rotatable bonds is 4. The van der Waals surface area contributed by atoms with Crippen molar-refractivity contribution in [2.24, 2.45) is 0 Å². The number of halogens is 3. The van der Waals surface area contributed by atoms with E-state index in [2.05, 4.69) is 19.9 Å². The molecule has 2 aromatic heterocycles. The minimum absolute atomic E-state index is 0.0259. The Morgan fingerprint density at radius 1 is 1.28 bits per heavy atom. The number of pyridine rings is 1. The van der Waals surface area contributed by atoms with Crippen LogP contribution >= 0.6 is 11.6 Å². The van der Waals surface area contributed by atoms with Crippen LogP contribution in [0.4, 0.5) is 14.6 Å². The maximum atomic E-state index is 14.7. The molecule has 1 N–H and O–H groups in total. The molecule has 5 rings (SSSR count). The summed E-state index contributed by atoms with van der Waals surface area (Å²) in [5, 5.41) is 9.89. The minimum Gasteiger partial charge on any atom is -0.461 e. The van der Waals surface area contributed by atoms with E-state index in [1.165, 1.54) is 0 Å². The first-order valence-corrected chi connectivity index (χ1v) is 10.2. The molecule has 3 fully saturated rings. The predicted molar refractivity (Wildman–Crippen MR) is 104 cm³/mol. The van der Waals surface area contributed by atoms with E-state index in [0.29, 0.717) is 43.0 Å². The molecule has 2 atom stereocenters. The Hall–Kier alpha value is -1.84. The lowest BCUT2D eigenvalue weighted by atomic mass is 9.95. The fraction of sp³-hybridized carbons (Fsp3) is 0.632. The number of fused-ring (bicyclic) bond motifs is 2. The molecule has 3 saturated heterocycles. The van der Waals surface area contributed by atoms with Crippen molar-refractivity contribution < 1.29 is 18.6 Å². The number of hydrogen-bond donors (Lipinski definition) is 1. The van der Waals surface area contributed by atoms with E-state index < -0.39 is 18.1 Å². The summed E-state index contributed by atoms with van der Waals surface area (Å²) in [7, 11) is 0. The standard InChI is InChI=1S/C19H22ClF2N5O2/c1-10-13-15(14(22)16(20)23-10)24-18(25-17(13)26-7-12(28)8-26)29-9-19-3-2-4-27(19)6-11(21)5-19/h11-12,28H,2-9H2,1H3/t11-,19+/m1/s1.